The van der Waals surface area contributed by atoms with E-state index >= 15 is 0 Å². The molecule has 2 aromatic carbocycles. The summed E-state index contributed by atoms with van der Waals surface area (Å²) in [6.07, 6.45) is 6.98. The summed E-state index contributed by atoms with van der Waals surface area (Å²) in [5, 5.41) is 3.92. The van der Waals surface area contributed by atoms with E-state index in [-0.39, 0.29) is 11.9 Å². The summed E-state index contributed by atoms with van der Waals surface area (Å²) < 4.78 is 0. The minimum atomic E-state index is 0.0596. The summed E-state index contributed by atoms with van der Waals surface area (Å²) in [6, 6.07) is 16.0. The second-order valence-electron chi connectivity index (χ2n) is 8.20. The van der Waals surface area contributed by atoms with Crippen molar-refractivity contribution >= 4 is 28.9 Å². The molecule has 1 amide bonds. The highest BCUT2D eigenvalue weighted by Crippen LogP contribution is 2.23. The molecule has 1 atom stereocenters. The molecule has 0 radical (unpaired) electrons. The Kier molecular flexibility index (Phi) is 10.5. The Labute approximate surface area is 192 Å². The Hall–Kier alpha value is -2.43. The van der Waals surface area contributed by atoms with E-state index in [9.17, 15) is 4.79 Å². The predicted molar refractivity (Wildman–Crippen MR) is 133 cm³/mol. The average molecular weight is 440 g/mol. The van der Waals surface area contributed by atoms with Crippen LogP contribution in [0.25, 0.3) is 0 Å². The lowest BCUT2D eigenvalue weighted by atomic mass is 10.0. The van der Waals surface area contributed by atoms with Gasteiger partial charge in [0.2, 0.25) is 5.91 Å². The summed E-state index contributed by atoms with van der Waals surface area (Å²) in [6.45, 7) is 4.85. The number of nitrogens with one attached hydrogen (secondary N) is 1. The van der Waals surface area contributed by atoms with Crippen molar-refractivity contribution in [2.45, 2.75) is 45.6 Å². The molecule has 2 rings (SSSR count). The van der Waals surface area contributed by atoms with E-state index in [0.29, 0.717) is 17.9 Å². The van der Waals surface area contributed by atoms with Crippen LogP contribution in [0.15, 0.2) is 65.7 Å². The molecule has 31 heavy (non-hydrogen) atoms. The Bertz CT molecular complexity index is 891. The maximum Gasteiger partial charge on any atom is 0.220 e. The molecule has 0 saturated heterocycles. The second-order valence-corrected chi connectivity index (χ2v) is 8.64. The number of carbonyl (C=O) groups excluding carboxylic acids is 1. The molecule has 0 spiro atoms. The summed E-state index contributed by atoms with van der Waals surface area (Å²) in [4.78, 5) is 19.4. The van der Waals surface area contributed by atoms with E-state index in [1.54, 1.807) is 0 Å². The van der Waals surface area contributed by atoms with Gasteiger partial charge in [0, 0.05) is 29.7 Å². The van der Waals surface area contributed by atoms with Gasteiger partial charge < -0.3 is 10.2 Å². The van der Waals surface area contributed by atoms with Gasteiger partial charge in [-0.2, -0.15) is 0 Å². The molecule has 0 aliphatic heterocycles. The van der Waals surface area contributed by atoms with Crippen LogP contribution in [0.4, 0.5) is 5.69 Å². The van der Waals surface area contributed by atoms with E-state index in [1.807, 2.05) is 64.3 Å². The first-order chi connectivity index (χ1) is 14.8. The van der Waals surface area contributed by atoms with Crippen molar-refractivity contribution in [3.05, 3.63) is 76.8 Å². The molecule has 0 heterocycles. The zero-order valence-corrected chi connectivity index (χ0v) is 19.8. The van der Waals surface area contributed by atoms with Crippen molar-refractivity contribution < 1.29 is 4.79 Å². The number of likely N-dealkylation sites (N-methyl/N-ethyl adjacent to an activating group) is 1. The quantitative estimate of drug-likeness (QED) is 0.357. The van der Waals surface area contributed by atoms with Gasteiger partial charge in [-0.05, 0) is 76.5 Å². The smallest absolute Gasteiger partial charge is 0.220 e. The number of aliphatic imine (C=N–C) groups is 1. The summed E-state index contributed by atoms with van der Waals surface area (Å²) in [5.74, 6) is 0.0596. The molecule has 0 aliphatic carbocycles. The van der Waals surface area contributed by atoms with Crippen LogP contribution in [0.1, 0.15) is 37.3 Å². The van der Waals surface area contributed by atoms with Crippen LogP contribution in [0.3, 0.4) is 0 Å². The number of hydrogen-bond donors (Lipinski definition) is 1. The number of aryl methyl sites for hydroxylation is 1. The fraction of sp³-hybridized carbons (Fsp3) is 0.385. The van der Waals surface area contributed by atoms with Gasteiger partial charge in [0.1, 0.15) is 0 Å². The van der Waals surface area contributed by atoms with Gasteiger partial charge in [0.25, 0.3) is 0 Å². The van der Waals surface area contributed by atoms with Crippen molar-refractivity contribution in [1.29, 1.82) is 0 Å². The Morgan fingerprint density at radius 3 is 2.55 bits per heavy atom. The van der Waals surface area contributed by atoms with Gasteiger partial charge in [-0.15, -0.1) is 0 Å². The zero-order chi connectivity index (χ0) is 22.6. The molecule has 5 heteroatoms. The predicted octanol–water partition coefficient (Wildman–Crippen LogP) is 5.76. The molecule has 0 aliphatic rings. The van der Waals surface area contributed by atoms with E-state index in [1.165, 1.54) is 5.56 Å². The molecule has 1 unspecified atom stereocenters. The number of amides is 1. The van der Waals surface area contributed by atoms with Crippen LogP contribution < -0.4 is 5.32 Å². The van der Waals surface area contributed by atoms with E-state index < -0.39 is 0 Å². The highest BCUT2D eigenvalue weighted by atomic mass is 35.5. The van der Waals surface area contributed by atoms with Gasteiger partial charge >= 0.3 is 0 Å². The van der Waals surface area contributed by atoms with Crippen molar-refractivity contribution in [2.75, 3.05) is 20.6 Å². The summed E-state index contributed by atoms with van der Waals surface area (Å²) in [5.41, 5.74) is 4.09. The fourth-order valence-electron chi connectivity index (χ4n) is 3.24. The first kappa shape index (κ1) is 24.8. The van der Waals surface area contributed by atoms with Crippen molar-refractivity contribution in [2.24, 2.45) is 4.99 Å². The number of hydrogen-bond acceptors (Lipinski definition) is 3. The molecule has 0 saturated carbocycles. The maximum atomic E-state index is 12.6. The lowest BCUT2D eigenvalue weighted by Crippen LogP contribution is -2.36. The first-order valence-corrected chi connectivity index (χ1v) is 11.1. The molecule has 0 aromatic heterocycles. The molecule has 2 aromatic rings. The zero-order valence-electron chi connectivity index (χ0n) is 19.1. The average Bonchev–Trinajstić information content (AvgIpc) is 2.72. The largest absolute Gasteiger partial charge is 0.353 e. The number of halogens is 1. The molecular formula is C26H34ClN3O. The number of nitrogens with zero attached hydrogens (tertiary/aromatic N) is 2. The maximum absolute atomic E-state index is 12.6. The van der Waals surface area contributed by atoms with Crippen LogP contribution >= 0.6 is 11.6 Å². The highest BCUT2D eigenvalue weighted by molar-refractivity contribution is 6.30. The lowest BCUT2D eigenvalue weighted by Gasteiger charge is -2.18. The summed E-state index contributed by atoms with van der Waals surface area (Å²) in [7, 11) is 4.09. The van der Waals surface area contributed by atoms with E-state index in [2.05, 4.69) is 39.5 Å². The van der Waals surface area contributed by atoms with Gasteiger partial charge in [0.05, 0.1) is 5.69 Å². The summed E-state index contributed by atoms with van der Waals surface area (Å²) >= 11 is 6.01. The third-order valence-corrected chi connectivity index (χ3v) is 5.17. The number of carbonyl (C=O) groups is 1. The van der Waals surface area contributed by atoms with Gasteiger partial charge in [-0.1, -0.05) is 54.1 Å². The second kappa shape index (κ2) is 13.1. The van der Waals surface area contributed by atoms with Gasteiger partial charge in [-0.3, -0.25) is 9.79 Å². The minimum Gasteiger partial charge on any atom is -0.353 e. The minimum absolute atomic E-state index is 0.0596. The third kappa shape index (κ3) is 9.95. The molecule has 166 valence electrons. The Balaban J connectivity index is 1.93. The highest BCUT2D eigenvalue weighted by Gasteiger charge is 2.12. The van der Waals surface area contributed by atoms with Crippen LogP contribution in [0, 0.1) is 6.92 Å². The normalized spacial score (nSPS) is 13.0. The fourth-order valence-corrected chi connectivity index (χ4v) is 3.46. The number of rotatable bonds is 11. The monoisotopic (exact) mass is 439 g/mol. The Morgan fingerprint density at radius 2 is 1.87 bits per heavy atom. The van der Waals surface area contributed by atoms with Crippen molar-refractivity contribution in [3.8, 4) is 0 Å². The van der Waals surface area contributed by atoms with Gasteiger partial charge in [-0.25, -0.2) is 0 Å². The Morgan fingerprint density at radius 1 is 1.13 bits per heavy atom. The van der Waals surface area contributed by atoms with E-state index in [4.69, 9.17) is 11.6 Å². The molecule has 4 nitrogen and oxygen atoms in total. The van der Waals surface area contributed by atoms with Gasteiger partial charge in [0.15, 0.2) is 0 Å². The molecule has 1 N–H and O–H groups in total. The van der Waals surface area contributed by atoms with Crippen LogP contribution in [-0.4, -0.2) is 43.2 Å². The van der Waals surface area contributed by atoms with E-state index in [0.717, 1.165) is 36.3 Å². The number of benzene rings is 2. The SMILES string of the molecule is C/C(CCC(=O)NC(C/C=C/CN(C)C)Cc1ccccc1)=N\c1ccc(Cl)cc1C. The topological polar surface area (TPSA) is 44.7 Å². The first-order valence-electron chi connectivity index (χ1n) is 10.8. The van der Waals surface area contributed by atoms with Crippen molar-refractivity contribution in [1.82, 2.24) is 10.2 Å². The molecule has 0 bridgehead atoms. The lowest BCUT2D eigenvalue weighted by molar-refractivity contribution is -0.121. The van der Waals surface area contributed by atoms with Crippen LogP contribution in [0.2, 0.25) is 5.02 Å². The van der Waals surface area contributed by atoms with Crippen LogP contribution in [0.5, 0.6) is 0 Å². The molecule has 0 fully saturated rings. The van der Waals surface area contributed by atoms with Crippen molar-refractivity contribution in [3.63, 3.8) is 0 Å². The van der Waals surface area contributed by atoms with Crippen LogP contribution in [-0.2, 0) is 11.2 Å². The third-order valence-electron chi connectivity index (χ3n) is 4.93. The standard InChI is InChI=1S/C26H34ClN3O/c1-20-18-23(27)14-15-25(20)28-21(2)13-16-26(31)29-24(12-8-9-17-30(3)4)19-22-10-6-5-7-11-22/h5-11,14-15,18,24H,12-13,16-17,19H2,1-4H3,(H,29,31)/b9-8+,28-21+. The molecular weight excluding hydrogens is 406 g/mol.